The van der Waals surface area contributed by atoms with E-state index in [-0.39, 0.29) is 36.7 Å². The first-order valence-electron chi connectivity index (χ1n) is 16.1. The van der Waals surface area contributed by atoms with E-state index in [9.17, 15) is 19.2 Å². The highest BCUT2D eigenvalue weighted by Crippen LogP contribution is 2.34. The SMILES string of the molecule is CN(CCN1C(=O)c2cccc3cccc(c23)C1=O)c1cccc(N(C)CCN2C(=O)c3cccc4c(-n5ccnc5)ccc(c34)C2=O)c1. The molecular weight excluding hydrogens is 616 g/mol. The first-order valence-corrected chi connectivity index (χ1v) is 16.1. The van der Waals surface area contributed by atoms with Crippen LogP contribution in [0.25, 0.3) is 27.2 Å². The van der Waals surface area contributed by atoms with E-state index >= 15 is 0 Å². The Kier molecular flexibility index (Phi) is 7.21. The number of hydrogen-bond acceptors (Lipinski definition) is 7. The molecule has 0 atom stereocenters. The van der Waals surface area contributed by atoms with E-state index in [4.69, 9.17) is 0 Å². The Morgan fingerprint density at radius 2 is 1.10 bits per heavy atom. The van der Waals surface area contributed by atoms with Crippen LogP contribution in [0, 0.1) is 0 Å². The van der Waals surface area contributed by atoms with E-state index in [1.54, 1.807) is 36.8 Å². The molecule has 49 heavy (non-hydrogen) atoms. The zero-order valence-corrected chi connectivity index (χ0v) is 27.0. The van der Waals surface area contributed by atoms with Crippen LogP contribution in [0.1, 0.15) is 41.4 Å². The molecule has 0 saturated carbocycles. The topological polar surface area (TPSA) is 99.1 Å². The van der Waals surface area contributed by atoms with Crippen molar-refractivity contribution in [1.82, 2.24) is 19.4 Å². The van der Waals surface area contributed by atoms with Crippen LogP contribution in [0.4, 0.5) is 11.4 Å². The van der Waals surface area contributed by atoms with E-state index in [2.05, 4.69) is 4.98 Å². The second kappa shape index (κ2) is 11.7. The summed E-state index contributed by atoms with van der Waals surface area (Å²) in [5.74, 6) is -1.19. The lowest BCUT2D eigenvalue weighted by atomic mass is 9.93. The van der Waals surface area contributed by atoms with Crippen molar-refractivity contribution in [2.24, 2.45) is 0 Å². The number of likely N-dealkylation sites (N-methyl/N-ethyl adjacent to an activating group) is 2. The molecule has 0 spiro atoms. The van der Waals surface area contributed by atoms with Crippen LogP contribution in [0.15, 0.2) is 110 Å². The van der Waals surface area contributed by atoms with Gasteiger partial charge in [-0.05, 0) is 53.9 Å². The number of imide groups is 2. The van der Waals surface area contributed by atoms with Gasteiger partial charge in [0.2, 0.25) is 0 Å². The molecule has 2 aliphatic heterocycles. The third-order valence-corrected chi connectivity index (χ3v) is 9.64. The first kappa shape index (κ1) is 30.1. The van der Waals surface area contributed by atoms with Gasteiger partial charge < -0.3 is 14.4 Å². The lowest BCUT2D eigenvalue weighted by Crippen LogP contribution is -2.44. The van der Waals surface area contributed by atoms with Gasteiger partial charge in [0, 0.05) is 102 Å². The zero-order chi connectivity index (χ0) is 33.8. The number of nitrogens with zero attached hydrogens (tertiary/aromatic N) is 6. The average Bonchev–Trinajstić information content (AvgIpc) is 3.67. The number of hydrogen-bond donors (Lipinski definition) is 0. The summed E-state index contributed by atoms with van der Waals surface area (Å²) >= 11 is 0. The fraction of sp³-hybridized carbons (Fsp3) is 0.154. The molecular formula is C39H32N6O4. The molecule has 0 unspecified atom stereocenters. The van der Waals surface area contributed by atoms with Gasteiger partial charge >= 0.3 is 0 Å². The van der Waals surface area contributed by atoms with Crippen LogP contribution in [0.5, 0.6) is 0 Å². The van der Waals surface area contributed by atoms with Gasteiger partial charge in [-0.25, -0.2) is 4.98 Å². The molecule has 6 aromatic rings. The highest BCUT2D eigenvalue weighted by molar-refractivity contribution is 6.27. The Morgan fingerprint density at radius 3 is 1.65 bits per heavy atom. The lowest BCUT2D eigenvalue weighted by molar-refractivity contribution is 0.0599. The van der Waals surface area contributed by atoms with Crippen LogP contribution in [0.3, 0.4) is 0 Å². The molecule has 0 saturated heterocycles. The predicted octanol–water partition coefficient (Wildman–Crippen LogP) is 5.64. The van der Waals surface area contributed by atoms with Crippen molar-refractivity contribution in [2.45, 2.75) is 0 Å². The summed E-state index contributed by atoms with van der Waals surface area (Å²) in [6.07, 6.45) is 5.22. The molecule has 1 aromatic heterocycles. The van der Waals surface area contributed by atoms with E-state index < -0.39 is 0 Å². The van der Waals surface area contributed by atoms with E-state index in [1.165, 1.54) is 9.80 Å². The molecule has 242 valence electrons. The quantitative estimate of drug-likeness (QED) is 0.187. The summed E-state index contributed by atoms with van der Waals surface area (Å²) in [5, 5.41) is 3.09. The summed E-state index contributed by atoms with van der Waals surface area (Å²) in [4.78, 5) is 64.9. The van der Waals surface area contributed by atoms with Crippen molar-refractivity contribution < 1.29 is 19.2 Å². The molecule has 0 aliphatic carbocycles. The fourth-order valence-corrected chi connectivity index (χ4v) is 6.97. The van der Waals surface area contributed by atoms with Gasteiger partial charge in [-0.2, -0.15) is 0 Å². The van der Waals surface area contributed by atoms with Crippen molar-refractivity contribution >= 4 is 56.5 Å². The van der Waals surface area contributed by atoms with E-state index in [0.717, 1.165) is 27.8 Å². The molecule has 0 radical (unpaired) electrons. The maximum absolute atomic E-state index is 13.7. The summed E-state index contributed by atoms with van der Waals surface area (Å²) in [5.41, 5.74) is 4.77. The minimum atomic E-state index is -0.312. The molecule has 8 rings (SSSR count). The van der Waals surface area contributed by atoms with Crippen LogP contribution in [0.2, 0.25) is 0 Å². The van der Waals surface area contributed by atoms with Gasteiger partial charge in [0.15, 0.2) is 0 Å². The number of imidazole rings is 1. The van der Waals surface area contributed by atoms with Gasteiger partial charge in [0.1, 0.15) is 0 Å². The second-order valence-corrected chi connectivity index (χ2v) is 12.4. The Balaban J connectivity index is 0.950. The number of aromatic nitrogens is 2. The summed E-state index contributed by atoms with van der Waals surface area (Å²) < 4.78 is 1.87. The van der Waals surface area contributed by atoms with Gasteiger partial charge in [-0.3, -0.25) is 29.0 Å². The predicted molar refractivity (Wildman–Crippen MR) is 189 cm³/mol. The standard InChI is InChI=1S/C39H32N6O4/c1-41(19-21-44-36(46)29-12-3-7-25-8-4-13-30(34(25)29)37(44)47)26-9-5-10-27(23-26)42(2)20-22-45-38(48)31-14-6-11-28-33(43-18-17-40-24-43)16-15-32(35(28)31)39(45)49/h3-18,23-24H,19-22H2,1-2H3. The molecule has 4 amide bonds. The molecule has 10 nitrogen and oxygen atoms in total. The number of benzene rings is 5. The number of carbonyl (C=O) groups is 4. The molecule has 0 N–H and O–H groups in total. The highest BCUT2D eigenvalue weighted by Gasteiger charge is 2.34. The third kappa shape index (κ3) is 4.91. The van der Waals surface area contributed by atoms with Crippen LogP contribution >= 0.6 is 0 Å². The Hall–Kier alpha value is -6.29. The largest absolute Gasteiger partial charge is 0.373 e. The normalized spacial score (nSPS) is 13.9. The minimum Gasteiger partial charge on any atom is -0.373 e. The highest BCUT2D eigenvalue weighted by atomic mass is 16.2. The van der Waals surface area contributed by atoms with E-state index in [0.29, 0.717) is 46.1 Å². The number of amides is 4. The summed E-state index contributed by atoms with van der Waals surface area (Å²) in [6, 6.07) is 28.2. The average molecular weight is 649 g/mol. The van der Waals surface area contributed by atoms with E-state index in [1.807, 2.05) is 101 Å². The Bertz CT molecular complexity index is 2260. The maximum atomic E-state index is 13.7. The van der Waals surface area contributed by atoms with Crippen LogP contribution in [-0.2, 0) is 0 Å². The smallest absolute Gasteiger partial charge is 0.261 e. The number of rotatable bonds is 9. The summed E-state index contributed by atoms with van der Waals surface area (Å²) in [7, 11) is 3.85. The Morgan fingerprint density at radius 1 is 0.592 bits per heavy atom. The minimum absolute atomic E-state index is 0.209. The first-order chi connectivity index (χ1) is 23.8. The monoisotopic (exact) mass is 648 g/mol. The van der Waals surface area contributed by atoms with Crippen LogP contribution in [-0.4, -0.2) is 83.3 Å². The van der Waals surface area contributed by atoms with Gasteiger partial charge in [-0.1, -0.05) is 42.5 Å². The molecule has 3 heterocycles. The number of carbonyl (C=O) groups excluding carboxylic acids is 4. The second-order valence-electron chi connectivity index (χ2n) is 12.4. The van der Waals surface area contributed by atoms with Crippen molar-refractivity contribution in [3.05, 3.63) is 132 Å². The maximum Gasteiger partial charge on any atom is 0.261 e. The van der Waals surface area contributed by atoms with Gasteiger partial charge in [-0.15, -0.1) is 0 Å². The van der Waals surface area contributed by atoms with Crippen molar-refractivity contribution in [3.8, 4) is 5.69 Å². The molecule has 0 fully saturated rings. The lowest BCUT2D eigenvalue weighted by Gasteiger charge is -2.31. The summed E-state index contributed by atoms with van der Waals surface area (Å²) in [6.45, 7) is 1.30. The van der Waals surface area contributed by atoms with Crippen molar-refractivity contribution in [2.75, 3.05) is 50.1 Å². The number of anilines is 2. The molecule has 2 aliphatic rings. The van der Waals surface area contributed by atoms with Crippen molar-refractivity contribution in [3.63, 3.8) is 0 Å². The van der Waals surface area contributed by atoms with Gasteiger partial charge in [0.25, 0.3) is 23.6 Å². The molecule has 10 heteroatoms. The third-order valence-electron chi connectivity index (χ3n) is 9.64. The zero-order valence-electron chi connectivity index (χ0n) is 27.0. The van der Waals surface area contributed by atoms with Gasteiger partial charge in [0.05, 0.1) is 12.0 Å². The fourth-order valence-electron chi connectivity index (χ4n) is 6.97. The molecule has 5 aromatic carbocycles. The van der Waals surface area contributed by atoms with Crippen molar-refractivity contribution in [1.29, 1.82) is 0 Å². The van der Waals surface area contributed by atoms with Crippen LogP contribution < -0.4 is 9.80 Å². The Labute approximate surface area is 282 Å². The molecule has 0 bridgehead atoms.